The van der Waals surface area contributed by atoms with Gasteiger partial charge in [-0.2, -0.15) is 0 Å². The van der Waals surface area contributed by atoms with Crippen LogP contribution in [0.5, 0.6) is 0 Å². The lowest BCUT2D eigenvalue weighted by atomic mass is 10.2. The van der Waals surface area contributed by atoms with Crippen LogP contribution in [0, 0.1) is 10.1 Å². The summed E-state index contributed by atoms with van der Waals surface area (Å²) in [6.07, 6.45) is -0.927. The highest BCUT2D eigenvalue weighted by molar-refractivity contribution is 5.81. The number of nitrogens with zero attached hydrogens (tertiary/aromatic N) is 1. The summed E-state index contributed by atoms with van der Waals surface area (Å²) >= 11 is 0. The molecule has 0 fully saturated rings. The molecule has 1 atom stereocenters. The van der Waals surface area contributed by atoms with Crippen LogP contribution in [0.15, 0.2) is 54.6 Å². The second kappa shape index (κ2) is 9.88. The van der Waals surface area contributed by atoms with Crippen molar-refractivity contribution in [2.45, 2.75) is 19.3 Å². The number of non-ortho nitro benzene ring substituents is 1. The molecule has 0 saturated heterocycles. The van der Waals surface area contributed by atoms with Crippen LogP contribution in [0.1, 0.15) is 11.1 Å². The van der Waals surface area contributed by atoms with Crippen molar-refractivity contribution in [2.24, 2.45) is 0 Å². The Hall–Kier alpha value is -3.46. The van der Waals surface area contributed by atoms with E-state index < -0.39 is 29.6 Å². The quantitative estimate of drug-likeness (QED) is 0.410. The van der Waals surface area contributed by atoms with Gasteiger partial charge in [0, 0.05) is 12.1 Å². The second-order valence-electron chi connectivity index (χ2n) is 5.47. The second-order valence-corrected chi connectivity index (χ2v) is 5.47. The molecule has 2 rings (SSSR count). The first-order valence-electron chi connectivity index (χ1n) is 7.97. The third-order valence-corrected chi connectivity index (χ3v) is 3.50. The number of alkyl carbamates (subject to hydrolysis) is 1. The molecule has 9 heteroatoms. The molecule has 27 heavy (non-hydrogen) atoms. The minimum atomic E-state index is -1.27. The maximum atomic E-state index is 11.9. The fraction of sp³-hybridized carbons (Fsp3) is 0.222. The highest BCUT2D eigenvalue weighted by Gasteiger charge is 2.22. The molecule has 2 N–H and O–H groups in total. The molecule has 142 valence electrons. The lowest BCUT2D eigenvalue weighted by Gasteiger charge is -2.15. The maximum absolute atomic E-state index is 11.9. The summed E-state index contributed by atoms with van der Waals surface area (Å²) in [6.45, 7) is -0.795. The first kappa shape index (κ1) is 19.9. The van der Waals surface area contributed by atoms with Gasteiger partial charge in [-0.05, 0) is 23.3 Å². The number of benzene rings is 2. The van der Waals surface area contributed by atoms with Gasteiger partial charge in [0.2, 0.25) is 0 Å². The molecule has 0 aliphatic heterocycles. The lowest BCUT2D eigenvalue weighted by Crippen LogP contribution is -2.44. The zero-order chi connectivity index (χ0) is 19.6. The van der Waals surface area contributed by atoms with Gasteiger partial charge in [-0.3, -0.25) is 10.1 Å². The number of hydrogen-bond acceptors (Lipinski definition) is 7. The van der Waals surface area contributed by atoms with Gasteiger partial charge in [-0.25, -0.2) is 9.59 Å². The summed E-state index contributed by atoms with van der Waals surface area (Å²) < 4.78 is 9.98. The summed E-state index contributed by atoms with van der Waals surface area (Å²) in [7, 11) is 0. The summed E-state index contributed by atoms with van der Waals surface area (Å²) in [5.74, 6) is -0.798. The number of nitro benzene ring substituents is 1. The molecule has 0 aromatic heterocycles. The largest absolute Gasteiger partial charge is 0.459 e. The maximum Gasteiger partial charge on any atom is 0.408 e. The topological polar surface area (TPSA) is 128 Å². The Labute approximate surface area is 154 Å². The summed E-state index contributed by atoms with van der Waals surface area (Å²) in [4.78, 5) is 33.8. The molecule has 0 spiro atoms. The normalized spacial score (nSPS) is 11.3. The highest BCUT2D eigenvalue weighted by Crippen LogP contribution is 2.12. The number of amides is 1. The number of rotatable bonds is 8. The van der Waals surface area contributed by atoms with Gasteiger partial charge in [0.05, 0.1) is 11.5 Å². The van der Waals surface area contributed by atoms with E-state index in [4.69, 9.17) is 9.47 Å². The molecule has 2 aromatic rings. The molecular weight excluding hydrogens is 356 g/mol. The Morgan fingerprint density at radius 1 is 1.00 bits per heavy atom. The average molecular weight is 374 g/mol. The van der Waals surface area contributed by atoms with Crippen LogP contribution in [-0.4, -0.2) is 34.7 Å². The monoisotopic (exact) mass is 374 g/mol. The zero-order valence-corrected chi connectivity index (χ0v) is 14.2. The van der Waals surface area contributed by atoms with Crippen molar-refractivity contribution < 1.29 is 29.1 Å². The molecular formula is C18H18N2O7. The van der Waals surface area contributed by atoms with E-state index in [2.05, 4.69) is 5.32 Å². The van der Waals surface area contributed by atoms with Crippen molar-refractivity contribution in [2.75, 3.05) is 6.61 Å². The zero-order valence-electron chi connectivity index (χ0n) is 14.2. The molecule has 0 radical (unpaired) electrons. The fourth-order valence-corrected chi connectivity index (χ4v) is 2.06. The fourth-order valence-electron chi connectivity index (χ4n) is 2.06. The number of nitrogens with one attached hydrogen (secondary N) is 1. The Morgan fingerprint density at radius 2 is 1.59 bits per heavy atom. The SMILES string of the molecule is O=C(NC(CO)C(=O)OCc1ccccc1)OCc1ccc([N+](=O)[O-])cc1. The molecule has 0 bridgehead atoms. The molecule has 9 nitrogen and oxygen atoms in total. The van der Waals surface area contributed by atoms with Gasteiger partial charge < -0.3 is 19.9 Å². The van der Waals surface area contributed by atoms with Crippen molar-refractivity contribution >= 4 is 17.7 Å². The number of aliphatic hydroxyl groups is 1. The van der Waals surface area contributed by atoms with Gasteiger partial charge in [-0.1, -0.05) is 30.3 Å². The molecule has 0 saturated carbocycles. The van der Waals surface area contributed by atoms with E-state index in [1.807, 2.05) is 6.07 Å². The van der Waals surface area contributed by atoms with E-state index >= 15 is 0 Å². The predicted molar refractivity (Wildman–Crippen MR) is 93.5 cm³/mol. The van der Waals surface area contributed by atoms with Crippen LogP contribution in [0.3, 0.4) is 0 Å². The van der Waals surface area contributed by atoms with E-state index in [1.54, 1.807) is 24.3 Å². The number of hydrogen-bond donors (Lipinski definition) is 2. The van der Waals surface area contributed by atoms with Gasteiger partial charge >= 0.3 is 12.1 Å². The number of nitro groups is 1. The molecule has 2 aromatic carbocycles. The Kier molecular flexibility index (Phi) is 7.26. The van der Waals surface area contributed by atoms with E-state index in [0.29, 0.717) is 5.56 Å². The summed E-state index contributed by atoms with van der Waals surface area (Å²) in [6, 6.07) is 13.2. The van der Waals surface area contributed by atoms with Crippen molar-refractivity contribution in [3.05, 3.63) is 75.8 Å². The minimum Gasteiger partial charge on any atom is -0.459 e. The van der Waals surface area contributed by atoms with Gasteiger partial charge in [0.15, 0.2) is 6.04 Å². The lowest BCUT2D eigenvalue weighted by molar-refractivity contribution is -0.384. The molecule has 0 heterocycles. The predicted octanol–water partition coefficient (Wildman–Crippen LogP) is 1.93. The van der Waals surface area contributed by atoms with E-state index in [-0.39, 0.29) is 18.9 Å². The smallest absolute Gasteiger partial charge is 0.408 e. The number of aliphatic hydroxyl groups excluding tert-OH is 1. The molecule has 1 unspecified atom stereocenters. The first-order chi connectivity index (χ1) is 13.0. The summed E-state index contributed by atoms with van der Waals surface area (Å²) in [5.41, 5.74) is 1.22. The molecule has 1 amide bonds. The van der Waals surface area contributed by atoms with Gasteiger partial charge in [0.25, 0.3) is 5.69 Å². The third kappa shape index (κ3) is 6.40. The van der Waals surface area contributed by atoms with Crippen LogP contribution in [0.25, 0.3) is 0 Å². The van der Waals surface area contributed by atoms with Gasteiger partial charge in [-0.15, -0.1) is 0 Å². The van der Waals surface area contributed by atoms with Crippen LogP contribution >= 0.6 is 0 Å². The minimum absolute atomic E-state index is 0.00962. The number of carbonyl (C=O) groups is 2. The van der Waals surface area contributed by atoms with Crippen LogP contribution in [0.4, 0.5) is 10.5 Å². The van der Waals surface area contributed by atoms with Crippen LogP contribution in [-0.2, 0) is 27.5 Å². The van der Waals surface area contributed by atoms with Crippen molar-refractivity contribution in [3.8, 4) is 0 Å². The number of carbonyl (C=O) groups excluding carboxylic acids is 2. The van der Waals surface area contributed by atoms with Gasteiger partial charge in [0.1, 0.15) is 13.2 Å². The van der Waals surface area contributed by atoms with Crippen molar-refractivity contribution in [3.63, 3.8) is 0 Å². The Balaban J connectivity index is 1.79. The Bertz CT molecular complexity index is 778. The first-order valence-corrected chi connectivity index (χ1v) is 7.97. The van der Waals surface area contributed by atoms with Crippen LogP contribution < -0.4 is 5.32 Å². The Morgan fingerprint density at radius 3 is 2.19 bits per heavy atom. The molecule has 0 aliphatic rings. The average Bonchev–Trinajstić information content (AvgIpc) is 2.69. The van der Waals surface area contributed by atoms with Crippen LogP contribution in [0.2, 0.25) is 0 Å². The van der Waals surface area contributed by atoms with E-state index in [1.165, 1.54) is 24.3 Å². The van der Waals surface area contributed by atoms with Crippen molar-refractivity contribution in [1.29, 1.82) is 0 Å². The molecule has 0 aliphatic carbocycles. The number of ether oxygens (including phenoxy) is 2. The number of esters is 1. The summed E-state index contributed by atoms with van der Waals surface area (Å²) in [5, 5.41) is 22.1. The van der Waals surface area contributed by atoms with E-state index in [9.17, 15) is 24.8 Å². The van der Waals surface area contributed by atoms with Crippen molar-refractivity contribution in [1.82, 2.24) is 5.32 Å². The third-order valence-electron chi connectivity index (χ3n) is 3.50. The highest BCUT2D eigenvalue weighted by atomic mass is 16.6. The standard InChI is InChI=1S/C18H18N2O7/c21-10-16(17(22)26-11-13-4-2-1-3-5-13)19-18(23)27-12-14-6-8-15(9-7-14)20(24)25/h1-9,16,21H,10-12H2,(H,19,23). The van der Waals surface area contributed by atoms with E-state index in [0.717, 1.165) is 5.56 Å².